The molecule has 0 atom stereocenters. The van der Waals surface area contributed by atoms with Gasteiger partial charge in [0.25, 0.3) is 0 Å². The number of hydrogen-bond acceptors (Lipinski definition) is 2. The standard InChI is InChI=1S/C10H17NO/c1-10(12)6-2-3-7-11-8-4-5-9-11/h2,6H,3-5,7-9H2,1H3/b6-2+. The number of hydrogen-bond donors (Lipinski definition) is 0. The van der Waals surface area contributed by atoms with Gasteiger partial charge in [-0.3, -0.25) is 4.79 Å². The smallest absolute Gasteiger partial charge is 0.152 e. The van der Waals surface area contributed by atoms with Gasteiger partial charge in [-0.05, 0) is 45.4 Å². The SMILES string of the molecule is CC(=O)/C=C/CCN1CCCC1. The van der Waals surface area contributed by atoms with Gasteiger partial charge in [0.05, 0.1) is 0 Å². The normalized spacial score (nSPS) is 19.1. The van der Waals surface area contributed by atoms with Gasteiger partial charge in [0.1, 0.15) is 0 Å². The molecule has 1 aliphatic heterocycles. The Morgan fingerprint density at radius 1 is 1.42 bits per heavy atom. The van der Waals surface area contributed by atoms with Crippen LogP contribution in [0.3, 0.4) is 0 Å². The molecule has 0 aromatic rings. The first-order chi connectivity index (χ1) is 5.79. The molecule has 0 N–H and O–H groups in total. The zero-order valence-corrected chi connectivity index (χ0v) is 7.75. The molecule has 12 heavy (non-hydrogen) atoms. The van der Waals surface area contributed by atoms with Crippen LogP contribution in [0.2, 0.25) is 0 Å². The summed E-state index contributed by atoms with van der Waals surface area (Å²) in [5, 5.41) is 0. The van der Waals surface area contributed by atoms with Gasteiger partial charge in [-0.1, -0.05) is 6.08 Å². The highest BCUT2D eigenvalue weighted by atomic mass is 16.1. The minimum absolute atomic E-state index is 0.149. The summed E-state index contributed by atoms with van der Waals surface area (Å²) in [5.74, 6) is 0.149. The molecule has 0 amide bonds. The van der Waals surface area contributed by atoms with Crippen molar-refractivity contribution in [2.24, 2.45) is 0 Å². The van der Waals surface area contributed by atoms with Crippen molar-refractivity contribution in [3.63, 3.8) is 0 Å². The van der Waals surface area contributed by atoms with Gasteiger partial charge >= 0.3 is 0 Å². The van der Waals surface area contributed by atoms with Crippen LogP contribution < -0.4 is 0 Å². The number of ketones is 1. The lowest BCUT2D eigenvalue weighted by Crippen LogP contribution is -2.19. The third-order valence-electron chi connectivity index (χ3n) is 2.16. The van der Waals surface area contributed by atoms with E-state index in [4.69, 9.17) is 0 Å². The van der Waals surface area contributed by atoms with Crippen molar-refractivity contribution in [3.05, 3.63) is 12.2 Å². The molecule has 1 heterocycles. The second-order valence-corrected chi connectivity index (χ2v) is 3.35. The minimum Gasteiger partial charge on any atom is -0.303 e. The average Bonchev–Trinajstić information content (AvgIpc) is 2.49. The van der Waals surface area contributed by atoms with Gasteiger partial charge in [0, 0.05) is 6.54 Å². The molecule has 0 aliphatic carbocycles. The van der Waals surface area contributed by atoms with E-state index < -0.39 is 0 Å². The number of carbonyl (C=O) groups is 1. The zero-order chi connectivity index (χ0) is 8.81. The molecule has 2 heteroatoms. The van der Waals surface area contributed by atoms with Crippen molar-refractivity contribution in [1.29, 1.82) is 0 Å². The predicted molar refractivity (Wildman–Crippen MR) is 50.1 cm³/mol. The van der Waals surface area contributed by atoms with E-state index in [-0.39, 0.29) is 5.78 Å². The summed E-state index contributed by atoms with van der Waals surface area (Å²) in [6, 6.07) is 0. The minimum atomic E-state index is 0.149. The van der Waals surface area contributed by atoms with E-state index in [1.165, 1.54) is 25.9 Å². The van der Waals surface area contributed by atoms with Crippen LogP contribution in [-0.4, -0.2) is 30.3 Å². The van der Waals surface area contributed by atoms with Crippen LogP contribution in [0.1, 0.15) is 26.2 Å². The monoisotopic (exact) mass is 167 g/mol. The number of carbonyl (C=O) groups excluding carboxylic acids is 1. The molecular formula is C10H17NO. The third-order valence-corrected chi connectivity index (χ3v) is 2.16. The first-order valence-corrected chi connectivity index (χ1v) is 4.68. The van der Waals surface area contributed by atoms with E-state index in [0.29, 0.717) is 0 Å². The maximum Gasteiger partial charge on any atom is 0.152 e. The van der Waals surface area contributed by atoms with Crippen molar-refractivity contribution >= 4 is 5.78 Å². The molecular weight excluding hydrogens is 150 g/mol. The van der Waals surface area contributed by atoms with Crippen LogP contribution >= 0.6 is 0 Å². The summed E-state index contributed by atoms with van der Waals surface area (Å²) in [5.41, 5.74) is 0. The molecule has 0 radical (unpaired) electrons. The molecule has 1 aliphatic rings. The zero-order valence-electron chi connectivity index (χ0n) is 7.75. The molecule has 1 rings (SSSR count). The first-order valence-electron chi connectivity index (χ1n) is 4.68. The highest BCUT2D eigenvalue weighted by molar-refractivity contribution is 5.87. The van der Waals surface area contributed by atoms with Crippen LogP contribution in [-0.2, 0) is 4.79 Å². The molecule has 0 aromatic carbocycles. The Morgan fingerprint density at radius 2 is 2.08 bits per heavy atom. The van der Waals surface area contributed by atoms with E-state index in [0.717, 1.165) is 13.0 Å². The van der Waals surface area contributed by atoms with E-state index in [1.54, 1.807) is 13.0 Å². The van der Waals surface area contributed by atoms with Gasteiger partial charge in [0.2, 0.25) is 0 Å². The van der Waals surface area contributed by atoms with Crippen LogP contribution in [0.25, 0.3) is 0 Å². The molecule has 2 nitrogen and oxygen atoms in total. The Morgan fingerprint density at radius 3 is 2.67 bits per heavy atom. The van der Waals surface area contributed by atoms with Gasteiger partial charge < -0.3 is 4.90 Å². The number of nitrogens with zero attached hydrogens (tertiary/aromatic N) is 1. The van der Waals surface area contributed by atoms with Crippen LogP contribution in [0.15, 0.2) is 12.2 Å². The van der Waals surface area contributed by atoms with Gasteiger partial charge in [-0.2, -0.15) is 0 Å². The lowest BCUT2D eigenvalue weighted by atomic mass is 10.3. The quantitative estimate of drug-likeness (QED) is 0.593. The Kier molecular flexibility index (Phi) is 4.01. The fourth-order valence-electron chi connectivity index (χ4n) is 1.51. The van der Waals surface area contributed by atoms with E-state index >= 15 is 0 Å². The topological polar surface area (TPSA) is 20.3 Å². The van der Waals surface area contributed by atoms with Crippen LogP contribution in [0, 0.1) is 0 Å². The highest BCUT2D eigenvalue weighted by Crippen LogP contribution is 2.07. The Hall–Kier alpha value is -0.630. The molecule has 0 saturated carbocycles. The number of likely N-dealkylation sites (tertiary alicyclic amines) is 1. The number of allylic oxidation sites excluding steroid dienone is 1. The fourth-order valence-corrected chi connectivity index (χ4v) is 1.51. The maximum atomic E-state index is 10.5. The van der Waals surface area contributed by atoms with Crippen molar-refractivity contribution < 1.29 is 4.79 Å². The van der Waals surface area contributed by atoms with Crippen molar-refractivity contribution in [1.82, 2.24) is 4.90 Å². The molecule has 0 aromatic heterocycles. The van der Waals surface area contributed by atoms with Gasteiger partial charge in [0.15, 0.2) is 5.78 Å². The van der Waals surface area contributed by atoms with E-state index in [2.05, 4.69) is 4.90 Å². The highest BCUT2D eigenvalue weighted by Gasteiger charge is 2.09. The average molecular weight is 167 g/mol. The molecule has 1 fully saturated rings. The lowest BCUT2D eigenvalue weighted by molar-refractivity contribution is -0.112. The van der Waals surface area contributed by atoms with Gasteiger partial charge in [-0.25, -0.2) is 0 Å². The molecule has 68 valence electrons. The molecule has 0 bridgehead atoms. The van der Waals surface area contributed by atoms with E-state index in [1.807, 2.05) is 6.08 Å². The lowest BCUT2D eigenvalue weighted by Gasteiger charge is -2.11. The fraction of sp³-hybridized carbons (Fsp3) is 0.700. The summed E-state index contributed by atoms with van der Waals surface area (Å²) in [4.78, 5) is 13.0. The van der Waals surface area contributed by atoms with Crippen molar-refractivity contribution in [3.8, 4) is 0 Å². The molecule has 1 saturated heterocycles. The van der Waals surface area contributed by atoms with Crippen LogP contribution in [0.4, 0.5) is 0 Å². The molecule has 0 spiro atoms. The summed E-state index contributed by atoms with van der Waals surface area (Å²) in [6.07, 6.45) is 7.34. The summed E-state index contributed by atoms with van der Waals surface area (Å²) >= 11 is 0. The number of rotatable bonds is 4. The first kappa shape index (κ1) is 9.46. The Labute approximate surface area is 74.2 Å². The van der Waals surface area contributed by atoms with Crippen LogP contribution in [0.5, 0.6) is 0 Å². The second kappa shape index (κ2) is 5.09. The van der Waals surface area contributed by atoms with Gasteiger partial charge in [-0.15, -0.1) is 0 Å². The summed E-state index contributed by atoms with van der Waals surface area (Å²) < 4.78 is 0. The second-order valence-electron chi connectivity index (χ2n) is 3.35. The largest absolute Gasteiger partial charge is 0.303 e. The third kappa shape index (κ3) is 3.67. The predicted octanol–water partition coefficient (Wildman–Crippen LogP) is 1.62. The Bertz CT molecular complexity index is 169. The summed E-state index contributed by atoms with van der Waals surface area (Å²) in [6.45, 7) is 5.19. The molecule has 0 unspecified atom stereocenters. The maximum absolute atomic E-state index is 10.5. The summed E-state index contributed by atoms with van der Waals surface area (Å²) in [7, 11) is 0. The Balaban J connectivity index is 2.05. The van der Waals surface area contributed by atoms with Crippen molar-refractivity contribution in [2.75, 3.05) is 19.6 Å². The van der Waals surface area contributed by atoms with E-state index in [9.17, 15) is 4.79 Å². The van der Waals surface area contributed by atoms with Crippen molar-refractivity contribution in [2.45, 2.75) is 26.2 Å².